The Labute approximate surface area is 159 Å². The zero-order valence-corrected chi connectivity index (χ0v) is 15.4. The van der Waals surface area contributed by atoms with Crippen LogP contribution in [0.1, 0.15) is 21.1 Å². The number of para-hydroxylation sites is 1. The minimum Gasteiger partial charge on any atom is -0.351 e. The molecule has 0 bridgehead atoms. The molecule has 2 aliphatic rings. The lowest BCUT2D eigenvalue weighted by Crippen LogP contribution is -2.48. The summed E-state index contributed by atoms with van der Waals surface area (Å²) < 4.78 is 0. The average molecular weight is 381 g/mol. The van der Waals surface area contributed by atoms with Crippen LogP contribution in [0.25, 0.3) is 10.9 Å². The summed E-state index contributed by atoms with van der Waals surface area (Å²) in [5, 5.41) is 7.68. The number of thiazole rings is 1. The van der Waals surface area contributed by atoms with Gasteiger partial charge in [-0.1, -0.05) is 29.5 Å². The smallest absolute Gasteiger partial charge is 0.270 e. The molecule has 138 valence electrons. The molecule has 1 fully saturated rings. The SMILES string of the molecule is O=C(Nc1nc2c(s1)CN(C(=O)c1cc3ccccc3[nH]1)CC2)C1CNC1. The predicted molar refractivity (Wildman–Crippen MR) is 104 cm³/mol. The Morgan fingerprint density at radius 1 is 1.26 bits per heavy atom. The van der Waals surface area contributed by atoms with Crippen LogP contribution < -0.4 is 10.6 Å². The van der Waals surface area contributed by atoms with E-state index >= 15 is 0 Å². The summed E-state index contributed by atoms with van der Waals surface area (Å²) in [7, 11) is 0. The Bertz CT molecular complexity index is 1000. The van der Waals surface area contributed by atoms with Crippen LogP contribution in [0.2, 0.25) is 0 Å². The van der Waals surface area contributed by atoms with E-state index in [-0.39, 0.29) is 17.7 Å². The number of H-pyrrole nitrogens is 1. The van der Waals surface area contributed by atoms with Gasteiger partial charge in [0, 0.05) is 41.8 Å². The van der Waals surface area contributed by atoms with Gasteiger partial charge in [-0.3, -0.25) is 9.59 Å². The fourth-order valence-electron chi connectivity index (χ4n) is 3.46. The van der Waals surface area contributed by atoms with E-state index in [2.05, 4.69) is 20.6 Å². The minimum atomic E-state index is -0.00335. The second kappa shape index (κ2) is 6.47. The summed E-state index contributed by atoms with van der Waals surface area (Å²) in [6.07, 6.45) is 0.707. The maximum Gasteiger partial charge on any atom is 0.270 e. The van der Waals surface area contributed by atoms with Gasteiger partial charge < -0.3 is 20.5 Å². The van der Waals surface area contributed by atoms with Crippen molar-refractivity contribution < 1.29 is 9.59 Å². The van der Waals surface area contributed by atoms with Gasteiger partial charge in [-0.15, -0.1) is 0 Å². The number of carbonyl (C=O) groups excluding carboxylic acids is 2. The topological polar surface area (TPSA) is 90.1 Å². The van der Waals surface area contributed by atoms with E-state index in [0.717, 1.165) is 34.6 Å². The molecule has 1 saturated heterocycles. The highest BCUT2D eigenvalue weighted by Crippen LogP contribution is 2.29. The molecule has 2 aliphatic heterocycles. The molecule has 0 radical (unpaired) electrons. The molecule has 8 heteroatoms. The highest BCUT2D eigenvalue weighted by molar-refractivity contribution is 7.15. The second-order valence-corrected chi connectivity index (χ2v) is 8.06. The van der Waals surface area contributed by atoms with Gasteiger partial charge in [0.2, 0.25) is 5.91 Å². The molecule has 4 heterocycles. The minimum absolute atomic E-state index is 0.00335. The number of hydrogen-bond donors (Lipinski definition) is 3. The van der Waals surface area contributed by atoms with Gasteiger partial charge in [0.25, 0.3) is 5.91 Å². The van der Waals surface area contributed by atoms with Gasteiger partial charge in [0.05, 0.1) is 18.2 Å². The molecule has 1 aromatic carbocycles. The largest absolute Gasteiger partial charge is 0.351 e. The first-order valence-corrected chi connectivity index (χ1v) is 9.86. The number of anilines is 1. The molecule has 2 amide bonds. The van der Waals surface area contributed by atoms with Crippen molar-refractivity contribution in [1.29, 1.82) is 0 Å². The lowest BCUT2D eigenvalue weighted by Gasteiger charge is -2.25. The molecule has 0 unspecified atom stereocenters. The summed E-state index contributed by atoms with van der Waals surface area (Å²) in [5.41, 5.74) is 2.56. The van der Waals surface area contributed by atoms with Gasteiger partial charge in [0.15, 0.2) is 5.13 Å². The third-order valence-electron chi connectivity index (χ3n) is 5.16. The van der Waals surface area contributed by atoms with Crippen LogP contribution in [-0.2, 0) is 17.8 Å². The average Bonchev–Trinajstić information content (AvgIpc) is 3.21. The van der Waals surface area contributed by atoms with E-state index in [9.17, 15) is 9.59 Å². The first-order chi connectivity index (χ1) is 13.2. The molecular formula is C19H19N5O2S. The van der Waals surface area contributed by atoms with Crippen molar-refractivity contribution in [3.05, 3.63) is 46.6 Å². The normalized spacial score (nSPS) is 16.8. The Morgan fingerprint density at radius 2 is 2.11 bits per heavy atom. The number of hydrogen-bond acceptors (Lipinski definition) is 5. The lowest BCUT2D eigenvalue weighted by molar-refractivity contribution is -0.121. The highest BCUT2D eigenvalue weighted by atomic mass is 32.1. The first kappa shape index (κ1) is 16.5. The molecule has 3 aromatic rings. The monoisotopic (exact) mass is 381 g/mol. The molecule has 7 nitrogen and oxygen atoms in total. The fourth-order valence-corrected chi connectivity index (χ4v) is 4.49. The van der Waals surface area contributed by atoms with E-state index < -0.39 is 0 Å². The van der Waals surface area contributed by atoms with Crippen molar-refractivity contribution in [2.24, 2.45) is 5.92 Å². The lowest BCUT2D eigenvalue weighted by atomic mass is 10.0. The molecule has 0 atom stereocenters. The Morgan fingerprint density at radius 3 is 2.89 bits per heavy atom. The molecule has 5 rings (SSSR count). The first-order valence-electron chi connectivity index (χ1n) is 9.04. The zero-order chi connectivity index (χ0) is 18.4. The summed E-state index contributed by atoms with van der Waals surface area (Å²) >= 11 is 1.47. The zero-order valence-electron chi connectivity index (χ0n) is 14.6. The highest BCUT2D eigenvalue weighted by Gasteiger charge is 2.28. The van der Waals surface area contributed by atoms with Crippen LogP contribution in [0.5, 0.6) is 0 Å². The van der Waals surface area contributed by atoms with Crippen molar-refractivity contribution in [1.82, 2.24) is 20.2 Å². The van der Waals surface area contributed by atoms with Gasteiger partial charge in [-0.2, -0.15) is 0 Å². The number of nitrogens with one attached hydrogen (secondary N) is 3. The standard InChI is InChI=1S/C19H19N5O2S/c25-17(12-8-20-9-12)23-19-22-14-5-6-24(10-16(14)27-19)18(26)15-7-11-3-1-2-4-13(11)21-15/h1-4,7,12,20-21H,5-6,8-10H2,(H,22,23,25). The van der Waals surface area contributed by atoms with Crippen LogP contribution in [-0.4, -0.2) is 46.3 Å². The van der Waals surface area contributed by atoms with Crippen molar-refractivity contribution >= 4 is 39.2 Å². The Balaban J connectivity index is 1.31. The van der Waals surface area contributed by atoms with Crippen molar-refractivity contribution in [3.8, 4) is 0 Å². The number of benzene rings is 1. The third-order valence-corrected chi connectivity index (χ3v) is 6.16. The van der Waals surface area contributed by atoms with E-state index in [4.69, 9.17) is 0 Å². The summed E-state index contributed by atoms with van der Waals surface area (Å²) in [4.78, 5) is 35.6. The molecule has 0 aliphatic carbocycles. The number of rotatable bonds is 3. The van der Waals surface area contributed by atoms with Crippen LogP contribution >= 0.6 is 11.3 Å². The van der Waals surface area contributed by atoms with Gasteiger partial charge in [0.1, 0.15) is 5.69 Å². The number of nitrogens with zero attached hydrogens (tertiary/aromatic N) is 2. The van der Waals surface area contributed by atoms with E-state index in [1.165, 1.54) is 11.3 Å². The summed E-state index contributed by atoms with van der Waals surface area (Å²) in [6, 6.07) is 9.78. The second-order valence-electron chi connectivity index (χ2n) is 6.98. The predicted octanol–water partition coefficient (Wildman–Crippen LogP) is 1.98. The number of amides is 2. The maximum absolute atomic E-state index is 12.9. The molecule has 0 saturated carbocycles. The Hall–Kier alpha value is -2.71. The van der Waals surface area contributed by atoms with E-state index in [1.807, 2.05) is 35.2 Å². The molecular weight excluding hydrogens is 362 g/mol. The van der Waals surface area contributed by atoms with Crippen molar-refractivity contribution in [3.63, 3.8) is 0 Å². The maximum atomic E-state index is 12.9. The number of aromatic amines is 1. The molecule has 2 aromatic heterocycles. The molecule has 27 heavy (non-hydrogen) atoms. The van der Waals surface area contributed by atoms with Crippen LogP contribution in [0.15, 0.2) is 30.3 Å². The number of aromatic nitrogens is 2. The van der Waals surface area contributed by atoms with Crippen molar-refractivity contribution in [2.75, 3.05) is 25.0 Å². The van der Waals surface area contributed by atoms with Crippen LogP contribution in [0.4, 0.5) is 5.13 Å². The van der Waals surface area contributed by atoms with E-state index in [1.54, 1.807) is 0 Å². The summed E-state index contributed by atoms with van der Waals surface area (Å²) in [6.45, 7) is 2.61. The third kappa shape index (κ3) is 3.00. The quantitative estimate of drug-likeness (QED) is 0.647. The van der Waals surface area contributed by atoms with E-state index in [0.29, 0.717) is 30.3 Å². The van der Waals surface area contributed by atoms with Gasteiger partial charge >= 0.3 is 0 Å². The van der Waals surface area contributed by atoms with Crippen LogP contribution in [0.3, 0.4) is 0 Å². The molecule has 3 N–H and O–H groups in total. The Kier molecular flexibility index (Phi) is 3.95. The van der Waals surface area contributed by atoms with Gasteiger partial charge in [-0.25, -0.2) is 4.98 Å². The fraction of sp³-hybridized carbons (Fsp3) is 0.316. The number of fused-ring (bicyclic) bond motifs is 2. The number of carbonyl (C=O) groups is 2. The molecule has 0 spiro atoms. The van der Waals surface area contributed by atoms with Crippen molar-refractivity contribution in [2.45, 2.75) is 13.0 Å². The van der Waals surface area contributed by atoms with Gasteiger partial charge in [-0.05, 0) is 12.1 Å². The summed E-state index contributed by atoms with van der Waals surface area (Å²) in [5.74, 6) is 0.0493. The van der Waals surface area contributed by atoms with Crippen LogP contribution in [0, 0.1) is 5.92 Å².